The number of nitrogens with one attached hydrogen (secondary N) is 1. The second-order valence-corrected chi connectivity index (χ2v) is 5.49. The van der Waals surface area contributed by atoms with Gasteiger partial charge in [-0.2, -0.15) is 0 Å². The number of hydrogen-bond donors (Lipinski definition) is 1. The fourth-order valence-corrected chi connectivity index (χ4v) is 2.52. The molecule has 0 heterocycles. The Morgan fingerprint density at radius 3 is 2.21 bits per heavy atom. The van der Waals surface area contributed by atoms with Crippen LogP contribution in [0.2, 0.25) is 5.02 Å². The smallest absolute Gasteiger partial charge is 0.224 e. The largest absolute Gasteiger partial charge is 0.493 e. The molecule has 2 aromatic carbocycles. The highest BCUT2D eigenvalue weighted by molar-refractivity contribution is 6.31. The zero-order valence-electron chi connectivity index (χ0n) is 13.9. The molecule has 0 atom stereocenters. The Balaban J connectivity index is 2.07. The van der Waals surface area contributed by atoms with Crippen LogP contribution < -0.4 is 19.5 Å². The second-order valence-electron chi connectivity index (χ2n) is 5.08. The zero-order valence-corrected chi connectivity index (χ0v) is 14.6. The molecule has 0 saturated heterocycles. The van der Waals surface area contributed by atoms with Crippen LogP contribution in [-0.2, 0) is 17.8 Å². The maximum atomic E-state index is 12.2. The van der Waals surface area contributed by atoms with Crippen molar-refractivity contribution in [3.8, 4) is 17.2 Å². The number of halogens is 1. The van der Waals surface area contributed by atoms with E-state index in [2.05, 4.69) is 5.32 Å². The number of hydrogen-bond acceptors (Lipinski definition) is 4. The van der Waals surface area contributed by atoms with Gasteiger partial charge in [0.1, 0.15) is 0 Å². The van der Waals surface area contributed by atoms with E-state index in [0.717, 1.165) is 11.1 Å². The van der Waals surface area contributed by atoms with Gasteiger partial charge < -0.3 is 19.5 Å². The van der Waals surface area contributed by atoms with Crippen molar-refractivity contribution < 1.29 is 19.0 Å². The summed E-state index contributed by atoms with van der Waals surface area (Å²) < 4.78 is 15.9. The lowest BCUT2D eigenvalue weighted by molar-refractivity contribution is -0.120. The lowest BCUT2D eigenvalue weighted by Crippen LogP contribution is -2.24. The van der Waals surface area contributed by atoms with Crippen molar-refractivity contribution in [3.63, 3.8) is 0 Å². The standard InChI is InChI=1S/C18H20ClNO4/c1-22-15-8-12(9-16(23-2)18(15)24-3)10-17(21)20-11-13-6-4-5-7-14(13)19/h4-9H,10-11H2,1-3H3,(H,20,21). The van der Waals surface area contributed by atoms with Gasteiger partial charge in [0.05, 0.1) is 27.8 Å². The molecule has 0 aliphatic carbocycles. The Morgan fingerprint density at radius 2 is 1.67 bits per heavy atom. The van der Waals surface area contributed by atoms with Crippen molar-refractivity contribution in [2.75, 3.05) is 21.3 Å². The molecule has 0 saturated carbocycles. The Morgan fingerprint density at radius 1 is 1.04 bits per heavy atom. The van der Waals surface area contributed by atoms with Crippen LogP contribution in [0.3, 0.4) is 0 Å². The number of amides is 1. The number of rotatable bonds is 7. The normalized spacial score (nSPS) is 10.2. The Hall–Kier alpha value is -2.40. The Bertz CT molecular complexity index is 693. The van der Waals surface area contributed by atoms with Gasteiger partial charge in [0.25, 0.3) is 0 Å². The van der Waals surface area contributed by atoms with Crippen LogP contribution in [0.1, 0.15) is 11.1 Å². The van der Waals surface area contributed by atoms with Crippen molar-refractivity contribution in [2.45, 2.75) is 13.0 Å². The van der Waals surface area contributed by atoms with Gasteiger partial charge in [0.15, 0.2) is 11.5 Å². The van der Waals surface area contributed by atoms with E-state index >= 15 is 0 Å². The van der Waals surface area contributed by atoms with Crippen molar-refractivity contribution >= 4 is 17.5 Å². The minimum Gasteiger partial charge on any atom is -0.493 e. The number of carbonyl (C=O) groups is 1. The minimum absolute atomic E-state index is 0.121. The number of benzene rings is 2. The van der Waals surface area contributed by atoms with Crippen molar-refractivity contribution in [1.82, 2.24) is 5.32 Å². The molecule has 24 heavy (non-hydrogen) atoms. The highest BCUT2D eigenvalue weighted by atomic mass is 35.5. The number of carbonyl (C=O) groups excluding carboxylic acids is 1. The topological polar surface area (TPSA) is 56.8 Å². The molecular weight excluding hydrogens is 330 g/mol. The van der Waals surface area contributed by atoms with E-state index in [1.165, 1.54) is 7.11 Å². The van der Waals surface area contributed by atoms with E-state index in [0.29, 0.717) is 28.8 Å². The molecule has 2 rings (SSSR count). The van der Waals surface area contributed by atoms with Crippen LogP contribution in [-0.4, -0.2) is 27.2 Å². The molecule has 0 aromatic heterocycles. The fraction of sp³-hybridized carbons (Fsp3) is 0.278. The van der Waals surface area contributed by atoms with Crippen molar-refractivity contribution in [2.24, 2.45) is 0 Å². The molecule has 0 aliphatic heterocycles. The molecule has 1 amide bonds. The quantitative estimate of drug-likeness (QED) is 0.833. The lowest BCUT2D eigenvalue weighted by Gasteiger charge is -2.14. The first kappa shape index (κ1) is 17.9. The maximum absolute atomic E-state index is 12.2. The first-order chi connectivity index (χ1) is 11.6. The van der Waals surface area contributed by atoms with Crippen LogP contribution in [0.4, 0.5) is 0 Å². The second kappa shape index (κ2) is 8.45. The summed E-state index contributed by atoms with van der Waals surface area (Å²) in [6, 6.07) is 10.9. The molecule has 0 spiro atoms. The first-order valence-corrected chi connectivity index (χ1v) is 7.75. The van der Waals surface area contributed by atoms with E-state index in [-0.39, 0.29) is 12.3 Å². The van der Waals surface area contributed by atoms with Gasteiger partial charge in [-0.3, -0.25) is 4.79 Å². The fourth-order valence-electron chi connectivity index (χ4n) is 2.32. The molecule has 1 N–H and O–H groups in total. The summed E-state index contributed by atoms with van der Waals surface area (Å²) >= 11 is 6.08. The van der Waals surface area contributed by atoms with Gasteiger partial charge in [0.2, 0.25) is 11.7 Å². The molecule has 0 radical (unpaired) electrons. The number of methoxy groups -OCH3 is 3. The predicted molar refractivity (Wildman–Crippen MR) is 93.1 cm³/mol. The van der Waals surface area contributed by atoms with Gasteiger partial charge in [-0.15, -0.1) is 0 Å². The van der Waals surface area contributed by atoms with E-state index in [1.54, 1.807) is 32.4 Å². The summed E-state index contributed by atoms with van der Waals surface area (Å²) in [5.74, 6) is 1.42. The van der Waals surface area contributed by atoms with Crippen LogP contribution in [0.15, 0.2) is 36.4 Å². The molecule has 0 fully saturated rings. The average Bonchev–Trinajstić information content (AvgIpc) is 2.60. The Labute approximate surface area is 146 Å². The summed E-state index contributed by atoms with van der Waals surface area (Å²) in [7, 11) is 4.62. The lowest BCUT2D eigenvalue weighted by atomic mass is 10.1. The highest BCUT2D eigenvalue weighted by Gasteiger charge is 2.15. The monoisotopic (exact) mass is 349 g/mol. The summed E-state index contributed by atoms with van der Waals surface area (Å²) in [5.41, 5.74) is 1.64. The minimum atomic E-state index is -0.121. The van der Waals surface area contributed by atoms with Gasteiger partial charge >= 0.3 is 0 Å². The molecule has 0 aliphatic rings. The molecule has 6 heteroatoms. The van der Waals surface area contributed by atoms with Gasteiger partial charge in [-0.25, -0.2) is 0 Å². The summed E-state index contributed by atoms with van der Waals surface area (Å²) in [5, 5.41) is 3.49. The van der Waals surface area contributed by atoms with Gasteiger partial charge in [0, 0.05) is 11.6 Å². The third-order valence-corrected chi connectivity index (χ3v) is 3.89. The maximum Gasteiger partial charge on any atom is 0.224 e. The van der Waals surface area contributed by atoms with Crippen molar-refractivity contribution in [1.29, 1.82) is 0 Å². The van der Waals surface area contributed by atoms with Gasteiger partial charge in [-0.05, 0) is 29.3 Å². The van der Waals surface area contributed by atoms with Crippen LogP contribution in [0, 0.1) is 0 Å². The van der Waals surface area contributed by atoms with Gasteiger partial charge in [-0.1, -0.05) is 29.8 Å². The van der Waals surface area contributed by atoms with Crippen LogP contribution in [0.5, 0.6) is 17.2 Å². The first-order valence-electron chi connectivity index (χ1n) is 7.38. The SMILES string of the molecule is COc1cc(CC(=O)NCc2ccccc2Cl)cc(OC)c1OC. The zero-order chi connectivity index (χ0) is 17.5. The molecule has 2 aromatic rings. The van der Waals surface area contributed by atoms with Crippen LogP contribution in [0.25, 0.3) is 0 Å². The average molecular weight is 350 g/mol. The third-order valence-electron chi connectivity index (χ3n) is 3.52. The highest BCUT2D eigenvalue weighted by Crippen LogP contribution is 2.38. The summed E-state index contributed by atoms with van der Waals surface area (Å²) in [6.45, 7) is 0.378. The van der Waals surface area contributed by atoms with Crippen molar-refractivity contribution in [3.05, 3.63) is 52.5 Å². The molecular formula is C18H20ClNO4. The molecule has 5 nitrogen and oxygen atoms in total. The molecule has 0 unspecified atom stereocenters. The predicted octanol–water partition coefficient (Wildman–Crippen LogP) is 3.22. The third kappa shape index (κ3) is 4.32. The summed E-state index contributed by atoms with van der Waals surface area (Å²) in [4.78, 5) is 12.2. The van der Waals surface area contributed by atoms with E-state index < -0.39 is 0 Å². The summed E-state index contributed by atoms with van der Waals surface area (Å²) in [6.07, 6.45) is 0.196. The number of ether oxygens (including phenoxy) is 3. The molecule has 128 valence electrons. The Kier molecular flexibility index (Phi) is 6.32. The van der Waals surface area contributed by atoms with E-state index in [1.807, 2.05) is 18.2 Å². The van der Waals surface area contributed by atoms with E-state index in [4.69, 9.17) is 25.8 Å². The van der Waals surface area contributed by atoms with Crippen LogP contribution >= 0.6 is 11.6 Å². The molecule has 0 bridgehead atoms. The van der Waals surface area contributed by atoms with E-state index in [9.17, 15) is 4.79 Å².